The summed E-state index contributed by atoms with van der Waals surface area (Å²) in [6, 6.07) is 8.56. The van der Waals surface area contributed by atoms with Gasteiger partial charge in [0.25, 0.3) is 0 Å². The first-order valence-electron chi connectivity index (χ1n) is 6.41. The molecular formula is C15H17BrN2. The fourth-order valence-corrected chi connectivity index (χ4v) is 3.10. The lowest BCUT2D eigenvalue weighted by Crippen LogP contribution is -2.21. The summed E-state index contributed by atoms with van der Waals surface area (Å²) in [5, 5.41) is 7.79. The molecule has 1 aromatic heterocycles. The van der Waals surface area contributed by atoms with Gasteiger partial charge in [-0.05, 0) is 42.5 Å². The third-order valence-electron chi connectivity index (χ3n) is 3.96. The summed E-state index contributed by atoms with van der Waals surface area (Å²) in [6.45, 7) is 4.51. The number of aromatic amines is 1. The third-order valence-corrected chi connectivity index (χ3v) is 4.49. The lowest BCUT2D eigenvalue weighted by atomic mass is 9.79. The maximum Gasteiger partial charge on any atom is 0.0756 e. The first-order chi connectivity index (χ1) is 8.59. The number of rotatable bonds is 2. The van der Waals surface area contributed by atoms with Crippen molar-refractivity contribution in [2.45, 2.75) is 38.5 Å². The zero-order valence-corrected chi connectivity index (χ0v) is 12.3. The third kappa shape index (κ3) is 1.81. The lowest BCUT2D eigenvalue weighted by Gasteiger charge is -2.24. The quantitative estimate of drug-likeness (QED) is 0.893. The molecule has 0 saturated carbocycles. The Labute approximate surface area is 116 Å². The second-order valence-electron chi connectivity index (χ2n) is 5.51. The van der Waals surface area contributed by atoms with Crippen molar-refractivity contribution in [1.82, 2.24) is 10.2 Å². The zero-order valence-electron chi connectivity index (χ0n) is 10.8. The van der Waals surface area contributed by atoms with Gasteiger partial charge in [0.05, 0.1) is 5.69 Å². The number of aromatic nitrogens is 2. The molecule has 0 amide bonds. The Morgan fingerprint density at radius 2 is 1.89 bits per heavy atom. The summed E-state index contributed by atoms with van der Waals surface area (Å²) in [6.07, 6.45) is 3.58. The van der Waals surface area contributed by atoms with Crippen LogP contribution in [0.25, 0.3) is 0 Å². The monoisotopic (exact) mass is 304 g/mol. The van der Waals surface area contributed by atoms with E-state index in [9.17, 15) is 0 Å². The lowest BCUT2D eigenvalue weighted by molar-refractivity contribution is 0.604. The first-order valence-corrected chi connectivity index (χ1v) is 7.21. The van der Waals surface area contributed by atoms with E-state index in [0.29, 0.717) is 0 Å². The number of nitrogens with one attached hydrogen (secondary N) is 1. The molecule has 1 heterocycles. The average molecular weight is 305 g/mol. The summed E-state index contributed by atoms with van der Waals surface area (Å²) in [5.74, 6) is 0. The standard InChI is InChI=1S/C15H17BrN2/c1-15(2,10-6-8-11(16)9-7-10)14-12-4-3-5-13(12)17-18-14/h6-9H,3-5H2,1-2H3,(H,17,18). The van der Waals surface area contributed by atoms with Gasteiger partial charge < -0.3 is 0 Å². The highest BCUT2D eigenvalue weighted by molar-refractivity contribution is 9.10. The van der Waals surface area contributed by atoms with Crippen LogP contribution in [0.2, 0.25) is 0 Å². The smallest absolute Gasteiger partial charge is 0.0756 e. The van der Waals surface area contributed by atoms with E-state index in [1.165, 1.54) is 35.4 Å². The summed E-state index contributed by atoms with van der Waals surface area (Å²) in [7, 11) is 0. The molecule has 0 bridgehead atoms. The Balaban J connectivity index is 2.06. The summed E-state index contributed by atoms with van der Waals surface area (Å²) >= 11 is 3.49. The van der Waals surface area contributed by atoms with Gasteiger partial charge in [0.1, 0.15) is 0 Å². The predicted octanol–water partition coefficient (Wildman–Crippen LogP) is 3.99. The van der Waals surface area contributed by atoms with Gasteiger partial charge in [0, 0.05) is 15.6 Å². The number of fused-ring (bicyclic) bond motifs is 1. The van der Waals surface area contributed by atoms with E-state index in [0.717, 1.165) is 10.9 Å². The molecule has 94 valence electrons. The Morgan fingerprint density at radius 1 is 1.17 bits per heavy atom. The van der Waals surface area contributed by atoms with Crippen LogP contribution in [0.5, 0.6) is 0 Å². The van der Waals surface area contributed by atoms with Crippen LogP contribution in [0.15, 0.2) is 28.7 Å². The zero-order chi connectivity index (χ0) is 12.8. The Bertz CT molecular complexity index is 567. The fraction of sp³-hybridized carbons (Fsp3) is 0.400. The highest BCUT2D eigenvalue weighted by Gasteiger charge is 2.31. The van der Waals surface area contributed by atoms with Crippen LogP contribution in [0.4, 0.5) is 0 Å². The van der Waals surface area contributed by atoms with Crippen LogP contribution < -0.4 is 0 Å². The molecule has 1 N–H and O–H groups in total. The number of hydrogen-bond acceptors (Lipinski definition) is 1. The molecule has 0 aliphatic heterocycles. The minimum Gasteiger partial charge on any atom is -0.282 e. The van der Waals surface area contributed by atoms with Crippen molar-refractivity contribution in [3.8, 4) is 0 Å². The summed E-state index contributed by atoms with van der Waals surface area (Å²) in [4.78, 5) is 0. The predicted molar refractivity (Wildman–Crippen MR) is 76.9 cm³/mol. The van der Waals surface area contributed by atoms with Crippen LogP contribution >= 0.6 is 15.9 Å². The van der Waals surface area contributed by atoms with E-state index in [1.54, 1.807) is 0 Å². The molecule has 18 heavy (non-hydrogen) atoms. The second kappa shape index (κ2) is 4.23. The van der Waals surface area contributed by atoms with Gasteiger partial charge in [-0.1, -0.05) is 41.9 Å². The maximum atomic E-state index is 4.57. The molecule has 3 rings (SSSR count). The van der Waals surface area contributed by atoms with Crippen molar-refractivity contribution in [3.05, 3.63) is 51.3 Å². The molecule has 0 atom stereocenters. The van der Waals surface area contributed by atoms with Crippen molar-refractivity contribution in [1.29, 1.82) is 0 Å². The molecular weight excluding hydrogens is 288 g/mol. The van der Waals surface area contributed by atoms with Crippen molar-refractivity contribution in [3.63, 3.8) is 0 Å². The molecule has 0 unspecified atom stereocenters. The van der Waals surface area contributed by atoms with Gasteiger partial charge in [-0.3, -0.25) is 5.10 Å². The molecule has 0 spiro atoms. The molecule has 2 aromatic rings. The van der Waals surface area contributed by atoms with Gasteiger partial charge in [-0.25, -0.2) is 0 Å². The van der Waals surface area contributed by atoms with Gasteiger partial charge in [-0.15, -0.1) is 0 Å². The van der Waals surface area contributed by atoms with Crippen LogP contribution in [0.3, 0.4) is 0 Å². The van der Waals surface area contributed by atoms with E-state index in [4.69, 9.17) is 0 Å². The van der Waals surface area contributed by atoms with E-state index in [1.807, 2.05) is 0 Å². The highest BCUT2D eigenvalue weighted by atomic mass is 79.9. The summed E-state index contributed by atoms with van der Waals surface area (Å²) in [5.41, 5.74) is 5.29. The topological polar surface area (TPSA) is 28.7 Å². The van der Waals surface area contributed by atoms with E-state index >= 15 is 0 Å². The SMILES string of the molecule is CC(C)(c1ccc(Br)cc1)c1n[nH]c2c1CCC2. The van der Waals surface area contributed by atoms with Crippen LogP contribution in [0.1, 0.15) is 42.8 Å². The van der Waals surface area contributed by atoms with E-state index in [2.05, 4.69) is 64.2 Å². The fourth-order valence-electron chi connectivity index (χ4n) is 2.84. The van der Waals surface area contributed by atoms with Crippen molar-refractivity contribution >= 4 is 15.9 Å². The molecule has 3 heteroatoms. The van der Waals surface area contributed by atoms with Crippen LogP contribution in [-0.4, -0.2) is 10.2 Å². The maximum absolute atomic E-state index is 4.57. The van der Waals surface area contributed by atoms with Crippen molar-refractivity contribution in [2.24, 2.45) is 0 Å². The van der Waals surface area contributed by atoms with E-state index in [-0.39, 0.29) is 5.41 Å². The number of nitrogens with zero attached hydrogens (tertiary/aromatic N) is 1. The number of H-pyrrole nitrogens is 1. The van der Waals surface area contributed by atoms with Crippen LogP contribution in [0, 0.1) is 0 Å². The highest BCUT2D eigenvalue weighted by Crippen LogP contribution is 2.36. The summed E-state index contributed by atoms with van der Waals surface area (Å²) < 4.78 is 1.12. The van der Waals surface area contributed by atoms with Gasteiger partial charge in [-0.2, -0.15) is 5.10 Å². The molecule has 1 aliphatic carbocycles. The average Bonchev–Trinajstić information content (AvgIpc) is 2.90. The molecule has 0 saturated heterocycles. The first kappa shape index (κ1) is 12.0. The molecule has 2 nitrogen and oxygen atoms in total. The van der Waals surface area contributed by atoms with Crippen molar-refractivity contribution in [2.75, 3.05) is 0 Å². The van der Waals surface area contributed by atoms with E-state index < -0.39 is 0 Å². The molecule has 1 aliphatic rings. The molecule has 1 aromatic carbocycles. The number of hydrogen-bond donors (Lipinski definition) is 1. The minimum absolute atomic E-state index is 0.0326. The largest absolute Gasteiger partial charge is 0.282 e. The van der Waals surface area contributed by atoms with Gasteiger partial charge >= 0.3 is 0 Å². The molecule has 0 radical (unpaired) electrons. The van der Waals surface area contributed by atoms with Crippen LogP contribution in [-0.2, 0) is 18.3 Å². The Morgan fingerprint density at radius 3 is 2.61 bits per heavy atom. The number of aryl methyl sites for hydroxylation is 1. The number of benzene rings is 1. The van der Waals surface area contributed by atoms with Gasteiger partial charge in [0.2, 0.25) is 0 Å². The Hall–Kier alpha value is -1.09. The molecule has 0 fully saturated rings. The normalized spacial score (nSPS) is 14.8. The Kier molecular flexibility index (Phi) is 2.81. The van der Waals surface area contributed by atoms with Crippen molar-refractivity contribution < 1.29 is 0 Å². The van der Waals surface area contributed by atoms with Gasteiger partial charge in [0.15, 0.2) is 0 Å². The minimum atomic E-state index is -0.0326. The second-order valence-corrected chi connectivity index (χ2v) is 6.43. The number of halogens is 1.